The molecule has 0 unspecified atom stereocenters. The maximum Gasteiger partial charge on any atom is 0.303 e. The largest absolute Gasteiger partial charge is 0.493 e. The molecule has 8 heteroatoms. The summed E-state index contributed by atoms with van der Waals surface area (Å²) in [5.74, 6) is 0.118. The van der Waals surface area contributed by atoms with Gasteiger partial charge in [0.1, 0.15) is 6.20 Å². The maximum absolute atomic E-state index is 10.6. The highest BCUT2D eigenvalue weighted by Gasteiger charge is 2.11. The molecule has 8 nitrogen and oxygen atoms in total. The molecule has 120 valence electrons. The van der Waals surface area contributed by atoms with Crippen molar-refractivity contribution in [1.29, 1.82) is 0 Å². The zero-order valence-electron chi connectivity index (χ0n) is 12.3. The van der Waals surface area contributed by atoms with Crippen molar-refractivity contribution in [2.24, 2.45) is 0 Å². The van der Waals surface area contributed by atoms with E-state index in [4.69, 9.17) is 14.6 Å². The van der Waals surface area contributed by atoms with E-state index in [0.29, 0.717) is 17.9 Å². The van der Waals surface area contributed by atoms with Gasteiger partial charge in [-0.3, -0.25) is 14.9 Å². The van der Waals surface area contributed by atoms with Crippen LogP contribution in [0.3, 0.4) is 0 Å². The Morgan fingerprint density at radius 2 is 2.09 bits per heavy atom. The van der Waals surface area contributed by atoms with Gasteiger partial charge in [0, 0.05) is 18.6 Å². The number of aryl methyl sites for hydroxylation is 1. The third-order valence-corrected chi connectivity index (χ3v) is 3.00. The molecule has 0 saturated carbocycles. The third kappa shape index (κ3) is 4.40. The minimum absolute atomic E-state index is 0.0211. The number of hydrogen-bond acceptors (Lipinski definition) is 6. The molecule has 2 aromatic rings. The topological polar surface area (TPSA) is 112 Å². The number of ether oxygens (including phenoxy) is 2. The Kier molecular flexibility index (Phi) is 5.08. The number of methoxy groups -OCH3 is 1. The molecule has 1 aromatic carbocycles. The number of hydrogen-bond donors (Lipinski definition) is 1. The van der Waals surface area contributed by atoms with Crippen molar-refractivity contribution in [3.05, 3.63) is 52.2 Å². The van der Waals surface area contributed by atoms with Crippen molar-refractivity contribution in [3.63, 3.8) is 0 Å². The van der Waals surface area contributed by atoms with Crippen LogP contribution < -0.4 is 9.47 Å². The van der Waals surface area contributed by atoms with E-state index in [-0.39, 0.29) is 18.0 Å². The standard InChI is InChI=1S/C15H14N2O6/c1-22-13-8-10(3-7-15(18)19)2-5-12(13)23-14-6-4-11(9-16-14)17(20)21/h2,4-6,8-9H,3,7H2,1H3,(H,18,19). The van der Waals surface area contributed by atoms with Gasteiger partial charge < -0.3 is 14.6 Å². The second-order valence-corrected chi connectivity index (χ2v) is 4.59. The van der Waals surface area contributed by atoms with Gasteiger partial charge in [-0.1, -0.05) is 6.07 Å². The number of nitro groups is 1. The Labute approximate surface area is 131 Å². The summed E-state index contributed by atoms with van der Waals surface area (Å²) in [6, 6.07) is 7.72. The lowest BCUT2D eigenvalue weighted by molar-refractivity contribution is -0.385. The highest BCUT2D eigenvalue weighted by Crippen LogP contribution is 2.32. The van der Waals surface area contributed by atoms with Gasteiger partial charge in [-0.15, -0.1) is 0 Å². The first-order chi connectivity index (χ1) is 11.0. The monoisotopic (exact) mass is 318 g/mol. The number of pyridine rings is 1. The summed E-state index contributed by atoms with van der Waals surface area (Å²) in [6.07, 6.45) is 1.50. The SMILES string of the molecule is COc1cc(CCC(=O)O)ccc1Oc1ccc([N+](=O)[O-])cn1. The molecule has 0 spiro atoms. The van der Waals surface area contributed by atoms with Crippen LogP contribution >= 0.6 is 0 Å². The van der Waals surface area contributed by atoms with Gasteiger partial charge in [-0.05, 0) is 24.1 Å². The molecule has 0 atom stereocenters. The molecular formula is C15H14N2O6. The Morgan fingerprint density at radius 1 is 1.30 bits per heavy atom. The molecule has 0 radical (unpaired) electrons. The van der Waals surface area contributed by atoms with Gasteiger partial charge in [-0.25, -0.2) is 4.98 Å². The van der Waals surface area contributed by atoms with Crippen LogP contribution in [0.15, 0.2) is 36.5 Å². The summed E-state index contributed by atoms with van der Waals surface area (Å²) in [4.78, 5) is 24.5. The average molecular weight is 318 g/mol. The van der Waals surface area contributed by atoms with Gasteiger partial charge in [0.15, 0.2) is 11.5 Å². The molecule has 0 aliphatic carbocycles. The summed E-state index contributed by atoms with van der Waals surface area (Å²) >= 11 is 0. The highest BCUT2D eigenvalue weighted by atomic mass is 16.6. The van der Waals surface area contributed by atoms with E-state index in [1.165, 1.54) is 19.2 Å². The molecule has 0 amide bonds. The van der Waals surface area contributed by atoms with E-state index in [2.05, 4.69) is 4.98 Å². The van der Waals surface area contributed by atoms with E-state index in [1.54, 1.807) is 18.2 Å². The van der Waals surface area contributed by atoms with Gasteiger partial charge in [-0.2, -0.15) is 0 Å². The first-order valence-electron chi connectivity index (χ1n) is 6.66. The molecule has 0 saturated heterocycles. The molecule has 0 bridgehead atoms. The minimum atomic E-state index is -0.876. The molecular weight excluding hydrogens is 304 g/mol. The van der Waals surface area contributed by atoms with Crippen LogP contribution in [-0.2, 0) is 11.2 Å². The molecule has 23 heavy (non-hydrogen) atoms. The lowest BCUT2D eigenvalue weighted by Gasteiger charge is -2.11. The molecule has 1 aromatic heterocycles. The molecule has 1 N–H and O–H groups in total. The molecule has 2 rings (SSSR count). The Balaban J connectivity index is 2.15. The number of nitrogens with zero attached hydrogens (tertiary/aromatic N) is 2. The van der Waals surface area contributed by atoms with Crippen LogP contribution in [0, 0.1) is 10.1 Å². The average Bonchev–Trinajstić information content (AvgIpc) is 2.54. The smallest absolute Gasteiger partial charge is 0.303 e. The molecule has 0 aliphatic rings. The summed E-state index contributed by atoms with van der Waals surface area (Å²) in [7, 11) is 1.46. The van der Waals surface area contributed by atoms with Gasteiger partial charge in [0.05, 0.1) is 12.0 Å². The van der Waals surface area contributed by atoms with Crippen LogP contribution in [-0.4, -0.2) is 28.1 Å². The zero-order chi connectivity index (χ0) is 16.8. The first kappa shape index (κ1) is 16.2. The zero-order valence-corrected chi connectivity index (χ0v) is 12.3. The van der Waals surface area contributed by atoms with Crippen molar-refractivity contribution in [3.8, 4) is 17.4 Å². The molecule has 0 aliphatic heterocycles. The Morgan fingerprint density at radius 3 is 2.65 bits per heavy atom. The fourth-order valence-corrected chi connectivity index (χ4v) is 1.86. The lowest BCUT2D eigenvalue weighted by Crippen LogP contribution is -1.99. The summed E-state index contributed by atoms with van der Waals surface area (Å²) in [5, 5.41) is 19.3. The first-order valence-corrected chi connectivity index (χ1v) is 6.66. The highest BCUT2D eigenvalue weighted by molar-refractivity contribution is 5.67. The Hall–Kier alpha value is -3.16. The van der Waals surface area contributed by atoms with E-state index >= 15 is 0 Å². The summed E-state index contributed by atoms with van der Waals surface area (Å²) in [6.45, 7) is 0. The molecule has 1 heterocycles. The maximum atomic E-state index is 10.6. The van der Waals surface area contributed by atoms with Gasteiger partial charge >= 0.3 is 5.97 Å². The lowest BCUT2D eigenvalue weighted by atomic mass is 10.1. The fraction of sp³-hybridized carbons (Fsp3) is 0.200. The van der Waals surface area contributed by atoms with Crippen molar-refractivity contribution < 1.29 is 24.3 Å². The fourth-order valence-electron chi connectivity index (χ4n) is 1.86. The number of carboxylic acids is 1. The number of aromatic nitrogens is 1. The number of carbonyl (C=O) groups is 1. The van der Waals surface area contributed by atoms with Gasteiger partial charge in [0.25, 0.3) is 5.69 Å². The van der Waals surface area contributed by atoms with E-state index < -0.39 is 10.9 Å². The number of carboxylic acid groups (broad SMARTS) is 1. The van der Waals surface area contributed by atoms with E-state index in [9.17, 15) is 14.9 Å². The van der Waals surface area contributed by atoms with E-state index in [0.717, 1.165) is 11.8 Å². The predicted octanol–water partition coefficient (Wildman–Crippen LogP) is 2.81. The van der Waals surface area contributed by atoms with Crippen molar-refractivity contribution in [2.45, 2.75) is 12.8 Å². The quantitative estimate of drug-likeness (QED) is 0.617. The van der Waals surface area contributed by atoms with Crippen LogP contribution in [0.2, 0.25) is 0 Å². The van der Waals surface area contributed by atoms with E-state index in [1.807, 2.05) is 0 Å². The van der Waals surface area contributed by atoms with Crippen LogP contribution in [0.5, 0.6) is 17.4 Å². The Bertz CT molecular complexity index is 714. The molecule has 0 fully saturated rings. The third-order valence-electron chi connectivity index (χ3n) is 3.00. The summed E-state index contributed by atoms with van der Waals surface area (Å²) < 4.78 is 10.8. The normalized spacial score (nSPS) is 10.1. The predicted molar refractivity (Wildman–Crippen MR) is 79.9 cm³/mol. The van der Waals surface area contributed by atoms with Crippen LogP contribution in [0.4, 0.5) is 5.69 Å². The van der Waals surface area contributed by atoms with Crippen molar-refractivity contribution >= 4 is 11.7 Å². The minimum Gasteiger partial charge on any atom is -0.493 e. The van der Waals surface area contributed by atoms with Crippen LogP contribution in [0.25, 0.3) is 0 Å². The summed E-state index contributed by atoms with van der Waals surface area (Å²) in [5.41, 5.74) is 0.668. The van der Waals surface area contributed by atoms with Gasteiger partial charge in [0.2, 0.25) is 5.88 Å². The second-order valence-electron chi connectivity index (χ2n) is 4.59. The second kappa shape index (κ2) is 7.21. The van der Waals surface area contributed by atoms with Crippen molar-refractivity contribution in [1.82, 2.24) is 4.98 Å². The number of benzene rings is 1. The van der Waals surface area contributed by atoms with Crippen LogP contribution in [0.1, 0.15) is 12.0 Å². The number of rotatable bonds is 7. The number of aliphatic carboxylic acids is 1. The van der Waals surface area contributed by atoms with Crippen molar-refractivity contribution in [2.75, 3.05) is 7.11 Å².